The fraction of sp³-hybridized carbons (Fsp3) is 0.267. The molecule has 1 heterocycles. The van der Waals surface area contributed by atoms with Crippen LogP contribution in [0, 0.1) is 0 Å². The maximum Gasteiger partial charge on any atom is 0.343 e. The van der Waals surface area contributed by atoms with E-state index in [1.807, 2.05) is 0 Å². The number of carbonyl (C=O) groups is 2. The summed E-state index contributed by atoms with van der Waals surface area (Å²) in [6.45, 7) is 1.72. The molecule has 0 aliphatic carbocycles. The van der Waals surface area contributed by atoms with Crippen molar-refractivity contribution in [3.8, 4) is 0 Å². The molecule has 0 fully saturated rings. The first-order valence-corrected chi connectivity index (χ1v) is 6.78. The van der Waals surface area contributed by atoms with Gasteiger partial charge in [0.2, 0.25) is 5.43 Å². The number of aliphatic hydroxyl groups is 2. The molecule has 0 aliphatic rings. The molecule has 2 atom stereocenters. The molecule has 2 unspecified atom stereocenters. The van der Waals surface area contributed by atoms with Crippen LogP contribution in [0.4, 0.5) is 0 Å². The first-order valence-electron chi connectivity index (χ1n) is 6.78. The number of esters is 1. The maximum absolute atomic E-state index is 12.3. The molecule has 1 aromatic carbocycles. The SMILES string of the molecule is CCOC(=O)c1c[nH]c2ccc(C(O)C(O)C(=O)O)cc2c1=O. The third kappa shape index (κ3) is 3.22. The van der Waals surface area contributed by atoms with Gasteiger partial charge in [0.1, 0.15) is 11.7 Å². The van der Waals surface area contributed by atoms with Crippen molar-refractivity contribution in [2.24, 2.45) is 0 Å². The topological polar surface area (TPSA) is 137 Å². The molecule has 0 amide bonds. The van der Waals surface area contributed by atoms with Crippen molar-refractivity contribution in [1.29, 1.82) is 0 Å². The quantitative estimate of drug-likeness (QED) is 0.577. The van der Waals surface area contributed by atoms with Crippen LogP contribution in [0.3, 0.4) is 0 Å². The van der Waals surface area contributed by atoms with Gasteiger partial charge >= 0.3 is 11.9 Å². The highest BCUT2D eigenvalue weighted by atomic mass is 16.5. The number of aliphatic carboxylic acids is 1. The summed E-state index contributed by atoms with van der Waals surface area (Å²) in [5, 5.41) is 28.0. The fourth-order valence-corrected chi connectivity index (χ4v) is 2.10. The number of carboxylic acids is 1. The molecular formula is C15H15NO7. The molecular weight excluding hydrogens is 306 g/mol. The molecule has 4 N–H and O–H groups in total. The smallest absolute Gasteiger partial charge is 0.343 e. The first-order chi connectivity index (χ1) is 10.9. The van der Waals surface area contributed by atoms with E-state index in [4.69, 9.17) is 9.84 Å². The number of benzene rings is 1. The van der Waals surface area contributed by atoms with E-state index in [1.165, 1.54) is 24.4 Å². The number of aromatic nitrogens is 1. The van der Waals surface area contributed by atoms with E-state index in [2.05, 4.69) is 4.98 Å². The fourth-order valence-electron chi connectivity index (χ4n) is 2.10. The molecule has 0 radical (unpaired) electrons. The van der Waals surface area contributed by atoms with Crippen molar-refractivity contribution in [3.63, 3.8) is 0 Å². The van der Waals surface area contributed by atoms with Gasteiger partial charge in [0.05, 0.1) is 6.61 Å². The Balaban J connectivity index is 2.53. The predicted octanol–water partition coefficient (Wildman–Crippen LogP) is 0.184. The van der Waals surface area contributed by atoms with Gasteiger partial charge in [0.25, 0.3) is 0 Å². The summed E-state index contributed by atoms with van der Waals surface area (Å²) in [5.74, 6) is -2.38. The Hall–Kier alpha value is -2.71. The number of hydrogen-bond donors (Lipinski definition) is 4. The van der Waals surface area contributed by atoms with Crippen molar-refractivity contribution < 1.29 is 29.6 Å². The molecule has 0 saturated heterocycles. The lowest BCUT2D eigenvalue weighted by atomic mass is 10.0. The average molecular weight is 321 g/mol. The van der Waals surface area contributed by atoms with Gasteiger partial charge in [0, 0.05) is 17.1 Å². The Morgan fingerprint density at radius 1 is 1.30 bits per heavy atom. The number of H-pyrrole nitrogens is 1. The van der Waals surface area contributed by atoms with E-state index >= 15 is 0 Å². The summed E-state index contributed by atoms with van der Waals surface area (Å²) in [6.07, 6.45) is -2.51. The number of aromatic amines is 1. The summed E-state index contributed by atoms with van der Waals surface area (Å²) in [6, 6.07) is 4.05. The van der Waals surface area contributed by atoms with Crippen LogP contribution in [0.1, 0.15) is 28.9 Å². The molecule has 1 aromatic heterocycles. The Kier molecular flexibility index (Phi) is 4.77. The Bertz CT molecular complexity index is 811. The first kappa shape index (κ1) is 16.7. The summed E-state index contributed by atoms with van der Waals surface area (Å²) in [4.78, 5) is 37.5. The van der Waals surface area contributed by atoms with Crippen LogP contribution in [-0.4, -0.2) is 45.0 Å². The van der Waals surface area contributed by atoms with Crippen molar-refractivity contribution in [3.05, 3.63) is 45.7 Å². The summed E-state index contributed by atoms with van der Waals surface area (Å²) in [5.41, 5.74) is -0.386. The number of hydrogen-bond acceptors (Lipinski definition) is 6. The summed E-state index contributed by atoms with van der Waals surface area (Å²) in [7, 11) is 0. The number of nitrogens with one attached hydrogen (secondary N) is 1. The van der Waals surface area contributed by atoms with Crippen molar-refractivity contribution >= 4 is 22.8 Å². The number of pyridine rings is 1. The van der Waals surface area contributed by atoms with E-state index in [1.54, 1.807) is 6.92 Å². The van der Waals surface area contributed by atoms with Gasteiger partial charge in [-0.3, -0.25) is 4.79 Å². The van der Waals surface area contributed by atoms with Gasteiger partial charge in [-0.15, -0.1) is 0 Å². The van der Waals surface area contributed by atoms with Crippen LogP contribution >= 0.6 is 0 Å². The van der Waals surface area contributed by atoms with E-state index in [-0.39, 0.29) is 23.1 Å². The van der Waals surface area contributed by atoms with Crippen molar-refractivity contribution in [2.45, 2.75) is 19.1 Å². The molecule has 2 aromatic rings. The molecule has 0 spiro atoms. The number of carboxylic acid groups (broad SMARTS) is 1. The molecule has 2 rings (SSSR count). The molecule has 23 heavy (non-hydrogen) atoms. The number of carbonyl (C=O) groups excluding carboxylic acids is 1. The lowest BCUT2D eigenvalue weighted by Gasteiger charge is -2.14. The monoisotopic (exact) mass is 321 g/mol. The number of ether oxygens (including phenoxy) is 1. The molecule has 0 aliphatic heterocycles. The zero-order valence-electron chi connectivity index (χ0n) is 12.1. The predicted molar refractivity (Wildman–Crippen MR) is 79.1 cm³/mol. The highest BCUT2D eigenvalue weighted by Crippen LogP contribution is 2.20. The van der Waals surface area contributed by atoms with Gasteiger partial charge in [-0.2, -0.15) is 0 Å². The zero-order valence-corrected chi connectivity index (χ0v) is 12.1. The lowest BCUT2D eigenvalue weighted by molar-refractivity contribution is -0.153. The second kappa shape index (κ2) is 6.59. The molecule has 0 bridgehead atoms. The number of rotatable bonds is 5. The number of aliphatic hydroxyl groups excluding tert-OH is 2. The maximum atomic E-state index is 12.3. The zero-order chi connectivity index (χ0) is 17.1. The van der Waals surface area contributed by atoms with Crippen LogP contribution in [0.25, 0.3) is 10.9 Å². The van der Waals surface area contributed by atoms with E-state index in [0.717, 1.165) is 0 Å². The molecule has 8 nitrogen and oxygen atoms in total. The van der Waals surface area contributed by atoms with E-state index < -0.39 is 29.6 Å². The Morgan fingerprint density at radius 2 is 2.00 bits per heavy atom. The van der Waals surface area contributed by atoms with Crippen molar-refractivity contribution in [2.75, 3.05) is 6.61 Å². The van der Waals surface area contributed by atoms with Gasteiger partial charge < -0.3 is 25.0 Å². The minimum absolute atomic E-state index is 0.0407. The third-order valence-corrected chi connectivity index (χ3v) is 3.29. The van der Waals surface area contributed by atoms with Gasteiger partial charge in [-0.25, -0.2) is 9.59 Å². The standard InChI is InChI=1S/C15H15NO7/c1-2-23-15(22)9-6-16-10-4-3-7(5-8(10)12(9)18)11(17)13(19)14(20)21/h3-6,11,13,17,19H,2H2,1H3,(H,16,18)(H,20,21). The normalized spacial score (nSPS) is 13.5. The average Bonchev–Trinajstić information content (AvgIpc) is 2.53. The Morgan fingerprint density at radius 3 is 2.61 bits per heavy atom. The highest BCUT2D eigenvalue weighted by Gasteiger charge is 2.25. The molecule has 8 heteroatoms. The molecule has 122 valence electrons. The second-order valence-corrected chi connectivity index (χ2v) is 4.78. The van der Waals surface area contributed by atoms with Crippen LogP contribution in [0.15, 0.2) is 29.2 Å². The number of fused-ring (bicyclic) bond motifs is 1. The van der Waals surface area contributed by atoms with Gasteiger partial charge in [-0.1, -0.05) is 6.07 Å². The highest BCUT2D eigenvalue weighted by molar-refractivity contribution is 5.93. The summed E-state index contributed by atoms with van der Waals surface area (Å²) < 4.78 is 4.78. The van der Waals surface area contributed by atoms with Gasteiger partial charge in [0.15, 0.2) is 6.10 Å². The molecule has 0 saturated carbocycles. The van der Waals surface area contributed by atoms with Crippen LogP contribution in [-0.2, 0) is 9.53 Å². The van der Waals surface area contributed by atoms with Crippen molar-refractivity contribution in [1.82, 2.24) is 4.98 Å². The summed E-state index contributed by atoms with van der Waals surface area (Å²) >= 11 is 0. The van der Waals surface area contributed by atoms with E-state index in [0.29, 0.717) is 5.52 Å². The second-order valence-electron chi connectivity index (χ2n) is 4.78. The van der Waals surface area contributed by atoms with Crippen LogP contribution in [0.2, 0.25) is 0 Å². The minimum Gasteiger partial charge on any atom is -0.479 e. The van der Waals surface area contributed by atoms with E-state index in [9.17, 15) is 24.6 Å². The minimum atomic E-state index is -2.03. The van der Waals surface area contributed by atoms with Crippen LogP contribution < -0.4 is 5.43 Å². The van der Waals surface area contributed by atoms with Crippen LogP contribution in [0.5, 0.6) is 0 Å². The largest absolute Gasteiger partial charge is 0.479 e. The third-order valence-electron chi connectivity index (χ3n) is 3.29. The Labute approximate surface area is 130 Å². The lowest BCUT2D eigenvalue weighted by Crippen LogP contribution is -2.27. The van der Waals surface area contributed by atoms with Gasteiger partial charge in [-0.05, 0) is 24.6 Å².